The molecule has 0 aliphatic heterocycles. The van der Waals surface area contributed by atoms with Gasteiger partial charge < -0.3 is 15.5 Å². The lowest BCUT2D eigenvalue weighted by atomic mass is 10.1. The first-order chi connectivity index (χ1) is 9.70. The number of rotatable bonds is 5. The SMILES string of the molecule is CCN(CC)C(=O)CN(C)c1ccc(N)c(C(F)(F)F)c1. The molecule has 7 heteroatoms. The number of hydrogen-bond donors (Lipinski definition) is 1. The molecule has 0 saturated carbocycles. The van der Waals surface area contributed by atoms with E-state index in [4.69, 9.17) is 5.73 Å². The summed E-state index contributed by atoms with van der Waals surface area (Å²) in [6.45, 7) is 4.86. The van der Waals surface area contributed by atoms with Crippen molar-refractivity contribution in [3.8, 4) is 0 Å². The number of anilines is 2. The fraction of sp³-hybridized carbons (Fsp3) is 0.500. The van der Waals surface area contributed by atoms with Crippen LogP contribution in [0.5, 0.6) is 0 Å². The predicted octanol–water partition coefficient (Wildman–Crippen LogP) is 2.59. The summed E-state index contributed by atoms with van der Waals surface area (Å²) in [5.74, 6) is -0.132. The van der Waals surface area contributed by atoms with Crippen LogP contribution in [0.15, 0.2) is 18.2 Å². The monoisotopic (exact) mass is 303 g/mol. The Morgan fingerprint density at radius 2 is 1.81 bits per heavy atom. The van der Waals surface area contributed by atoms with Crippen LogP contribution < -0.4 is 10.6 Å². The fourth-order valence-electron chi connectivity index (χ4n) is 2.00. The smallest absolute Gasteiger partial charge is 0.398 e. The summed E-state index contributed by atoms with van der Waals surface area (Å²) in [6.07, 6.45) is -4.51. The molecule has 0 bridgehead atoms. The zero-order valence-corrected chi connectivity index (χ0v) is 12.4. The van der Waals surface area contributed by atoms with Crippen molar-refractivity contribution in [3.05, 3.63) is 23.8 Å². The first-order valence-corrected chi connectivity index (χ1v) is 6.66. The minimum Gasteiger partial charge on any atom is -0.398 e. The highest BCUT2D eigenvalue weighted by Crippen LogP contribution is 2.35. The van der Waals surface area contributed by atoms with Crippen molar-refractivity contribution < 1.29 is 18.0 Å². The summed E-state index contributed by atoms with van der Waals surface area (Å²) in [5.41, 5.74) is 4.45. The molecule has 0 aliphatic carbocycles. The van der Waals surface area contributed by atoms with E-state index in [1.807, 2.05) is 13.8 Å². The van der Waals surface area contributed by atoms with Crippen molar-refractivity contribution in [1.29, 1.82) is 0 Å². The van der Waals surface area contributed by atoms with Crippen LogP contribution in [-0.4, -0.2) is 37.5 Å². The van der Waals surface area contributed by atoms with Gasteiger partial charge in [-0.25, -0.2) is 0 Å². The largest absolute Gasteiger partial charge is 0.418 e. The minimum atomic E-state index is -4.51. The highest BCUT2D eigenvalue weighted by atomic mass is 19.4. The summed E-state index contributed by atoms with van der Waals surface area (Å²) < 4.78 is 38.5. The molecule has 1 aromatic carbocycles. The third-order valence-corrected chi connectivity index (χ3v) is 3.27. The van der Waals surface area contributed by atoms with Gasteiger partial charge in [-0.3, -0.25) is 4.79 Å². The van der Waals surface area contributed by atoms with Crippen molar-refractivity contribution in [2.45, 2.75) is 20.0 Å². The molecule has 1 amide bonds. The van der Waals surface area contributed by atoms with Crippen LogP contribution in [0, 0.1) is 0 Å². The lowest BCUT2D eigenvalue weighted by Crippen LogP contribution is -2.38. The van der Waals surface area contributed by atoms with Crippen molar-refractivity contribution in [2.75, 3.05) is 37.3 Å². The van der Waals surface area contributed by atoms with E-state index < -0.39 is 11.7 Å². The molecule has 0 spiro atoms. The molecule has 1 rings (SSSR count). The van der Waals surface area contributed by atoms with Crippen LogP contribution in [-0.2, 0) is 11.0 Å². The topological polar surface area (TPSA) is 49.6 Å². The summed E-state index contributed by atoms with van der Waals surface area (Å²) in [6, 6.07) is 3.64. The maximum absolute atomic E-state index is 12.8. The predicted molar refractivity (Wildman–Crippen MR) is 77.1 cm³/mol. The summed E-state index contributed by atoms with van der Waals surface area (Å²) in [4.78, 5) is 15.1. The summed E-state index contributed by atoms with van der Waals surface area (Å²) >= 11 is 0. The van der Waals surface area contributed by atoms with Gasteiger partial charge in [0.2, 0.25) is 5.91 Å². The number of nitrogen functional groups attached to an aromatic ring is 1. The summed E-state index contributed by atoms with van der Waals surface area (Å²) in [5, 5.41) is 0. The molecule has 0 atom stereocenters. The molecular weight excluding hydrogens is 283 g/mol. The third kappa shape index (κ3) is 4.27. The number of carbonyl (C=O) groups excluding carboxylic acids is 1. The van der Waals surface area contributed by atoms with Crippen LogP contribution in [0.25, 0.3) is 0 Å². The van der Waals surface area contributed by atoms with Gasteiger partial charge in [-0.05, 0) is 32.0 Å². The standard InChI is InChI=1S/C14H20F3N3O/c1-4-20(5-2)13(21)9-19(3)10-6-7-12(18)11(8-10)14(15,16)17/h6-8H,4-5,9,18H2,1-3H3. The van der Waals surface area contributed by atoms with Crippen LogP contribution in [0.4, 0.5) is 24.5 Å². The molecule has 0 radical (unpaired) electrons. The number of nitrogens with two attached hydrogens (primary N) is 1. The highest BCUT2D eigenvalue weighted by molar-refractivity contribution is 5.81. The second-order valence-corrected chi connectivity index (χ2v) is 4.69. The van der Waals surface area contributed by atoms with Gasteiger partial charge in [0.25, 0.3) is 0 Å². The Labute approximate surface area is 122 Å². The van der Waals surface area contributed by atoms with Gasteiger partial charge in [-0.2, -0.15) is 13.2 Å². The van der Waals surface area contributed by atoms with E-state index in [1.165, 1.54) is 17.0 Å². The van der Waals surface area contributed by atoms with Crippen LogP contribution >= 0.6 is 0 Å². The molecule has 4 nitrogen and oxygen atoms in total. The molecule has 1 aromatic rings. The van der Waals surface area contributed by atoms with Crippen LogP contribution in [0.1, 0.15) is 19.4 Å². The van der Waals surface area contributed by atoms with E-state index in [-0.39, 0.29) is 18.1 Å². The van der Waals surface area contributed by atoms with Gasteiger partial charge in [-0.15, -0.1) is 0 Å². The number of hydrogen-bond acceptors (Lipinski definition) is 3. The lowest BCUT2D eigenvalue weighted by Gasteiger charge is -2.25. The fourth-order valence-corrected chi connectivity index (χ4v) is 2.00. The number of alkyl halides is 3. The normalized spacial score (nSPS) is 11.3. The van der Waals surface area contributed by atoms with E-state index in [9.17, 15) is 18.0 Å². The molecule has 2 N–H and O–H groups in total. The van der Waals surface area contributed by atoms with Crippen LogP contribution in [0.3, 0.4) is 0 Å². The van der Waals surface area contributed by atoms with Crippen molar-refractivity contribution >= 4 is 17.3 Å². The van der Waals surface area contributed by atoms with E-state index >= 15 is 0 Å². The van der Waals surface area contributed by atoms with E-state index in [0.717, 1.165) is 6.07 Å². The van der Waals surface area contributed by atoms with Crippen molar-refractivity contribution in [3.63, 3.8) is 0 Å². The number of benzene rings is 1. The van der Waals surface area contributed by atoms with Crippen molar-refractivity contribution in [2.24, 2.45) is 0 Å². The quantitative estimate of drug-likeness (QED) is 0.851. The molecule has 0 heterocycles. The first-order valence-electron chi connectivity index (χ1n) is 6.66. The molecular formula is C14H20F3N3O. The average Bonchev–Trinajstić information content (AvgIpc) is 2.39. The molecule has 0 aliphatic rings. The Bertz CT molecular complexity index is 499. The van der Waals surface area contributed by atoms with Crippen molar-refractivity contribution in [1.82, 2.24) is 4.90 Å². The van der Waals surface area contributed by atoms with Gasteiger partial charge in [-0.1, -0.05) is 0 Å². The minimum absolute atomic E-state index is 0.0168. The molecule has 0 unspecified atom stereocenters. The molecule has 118 valence electrons. The maximum atomic E-state index is 12.8. The maximum Gasteiger partial charge on any atom is 0.418 e. The zero-order valence-electron chi connectivity index (χ0n) is 12.4. The molecule has 0 aromatic heterocycles. The van der Waals surface area contributed by atoms with Gasteiger partial charge in [0.05, 0.1) is 12.1 Å². The Morgan fingerprint density at radius 3 is 2.29 bits per heavy atom. The number of nitrogens with zero attached hydrogens (tertiary/aromatic N) is 2. The van der Waals surface area contributed by atoms with Gasteiger partial charge >= 0.3 is 6.18 Å². The number of carbonyl (C=O) groups is 1. The Hall–Kier alpha value is -1.92. The van der Waals surface area contributed by atoms with Gasteiger partial charge in [0.15, 0.2) is 0 Å². The highest BCUT2D eigenvalue weighted by Gasteiger charge is 2.33. The zero-order chi connectivity index (χ0) is 16.2. The molecule has 0 fully saturated rings. The number of likely N-dealkylation sites (N-methyl/N-ethyl adjacent to an activating group) is 2. The third-order valence-electron chi connectivity index (χ3n) is 3.27. The first kappa shape index (κ1) is 17.1. The Kier molecular flexibility index (Phi) is 5.46. The lowest BCUT2D eigenvalue weighted by molar-refractivity contribution is -0.136. The molecule has 0 saturated heterocycles. The number of amides is 1. The van der Waals surface area contributed by atoms with E-state index in [1.54, 1.807) is 11.9 Å². The van der Waals surface area contributed by atoms with Gasteiger partial charge in [0, 0.05) is 31.5 Å². The van der Waals surface area contributed by atoms with E-state index in [0.29, 0.717) is 18.8 Å². The van der Waals surface area contributed by atoms with Gasteiger partial charge in [0.1, 0.15) is 0 Å². The second kappa shape index (κ2) is 6.69. The Balaban J connectivity index is 2.93. The second-order valence-electron chi connectivity index (χ2n) is 4.69. The Morgan fingerprint density at radius 1 is 1.24 bits per heavy atom. The molecule has 21 heavy (non-hydrogen) atoms. The van der Waals surface area contributed by atoms with E-state index in [2.05, 4.69) is 0 Å². The number of halogens is 3. The summed E-state index contributed by atoms with van der Waals surface area (Å²) in [7, 11) is 1.58. The van der Waals surface area contributed by atoms with Crippen LogP contribution in [0.2, 0.25) is 0 Å². The average molecular weight is 303 g/mol.